The van der Waals surface area contributed by atoms with Gasteiger partial charge in [0.1, 0.15) is 0 Å². The number of unbranched alkanes of at least 4 members (excludes halogenated alkanes) is 16. The third-order valence-corrected chi connectivity index (χ3v) is 5.05. The predicted octanol–water partition coefficient (Wildman–Crippen LogP) is 6.95. The maximum absolute atomic E-state index is 11.4. The first-order valence-corrected chi connectivity index (χ1v) is 11.6. The van der Waals surface area contributed by atoms with Crippen molar-refractivity contribution in [2.24, 2.45) is 0 Å². The van der Waals surface area contributed by atoms with Gasteiger partial charge in [-0.05, 0) is 6.42 Å². The molecule has 0 amide bonds. The van der Waals surface area contributed by atoms with Crippen molar-refractivity contribution in [3.63, 3.8) is 0 Å². The van der Waals surface area contributed by atoms with Crippen LogP contribution in [-0.2, 0) is 9.53 Å². The van der Waals surface area contributed by atoms with Gasteiger partial charge in [-0.3, -0.25) is 4.79 Å². The number of hydrogen-bond acceptors (Lipinski definition) is 3. The van der Waals surface area contributed by atoms with Crippen LogP contribution in [0.15, 0.2) is 0 Å². The molecule has 1 N–H and O–H groups in total. The van der Waals surface area contributed by atoms with Crippen molar-refractivity contribution < 1.29 is 14.6 Å². The summed E-state index contributed by atoms with van der Waals surface area (Å²) in [5.41, 5.74) is 0. The predicted molar refractivity (Wildman–Crippen MR) is 111 cm³/mol. The van der Waals surface area contributed by atoms with E-state index in [0.29, 0.717) is 19.4 Å². The van der Waals surface area contributed by atoms with Gasteiger partial charge in [-0.15, -0.1) is 0 Å². The van der Waals surface area contributed by atoms with E-state index in [0.717, 1.165) is 12.8 Å². The minimum Gasteiger partial charge on any atom is -0.466 e. The number of carbonyl (C=O) groups excluding carboxylic acids is 1. The zero-order valence-electron chi connectivity index (χ0n) is 17.6. The standard InChI is InChI=1S/C23H46O3/c1-2-3-4-5-6-7-8-9-10-11-12-13-14-15-16-17-18-20-23(25)26-22-19-21-24/h24H,2-22H2,1H3. The molecule has 0 fully saturated rings. The molecule has 0 unspecified atom stereocenters. The van der Waals surface area contributed by atoms with Gasteiger partial charge in [-0.1, -0.05) is 110 Å². The Morgan fingerprint density at radius 2 is 1.00 bits per heavy atom. The number of aliphatic hydroxyl groups excluding tert-OH is 1. The van der Waals surface area contributed by atoms with Crippen LogP contribution in [0.25, 0.3) is 0 Å². The second-order valence-electron chi connectivity index (χ2n) is 7.70. The van der Waals surface area contributed by atoms with Crippen molar-refractivity contribution in [3.05, 3.63) is 0 Å². The van der Waals surface area contributed by atoms with Crippen LogP contribution < -0.4 is 0 Å². The highest BCUT2D eigenvalue weighted by Gasteiger charge is 2.02. The summed E-state index contributed by atoms with van der Waals surface area (Å²) < 4.78 is 5.01. The van der Waals surface area contributed by atoms with Crippen molar-refractivity contribution in [2.45, 2.75) is 129 Å². The van der Waals surface area contributed by atoms with Crippen LogP contribution >= 0.6 is 0 Å². The number of esters is 1. The maximum Gasteiger partial charge on any atom is 0.305 e. The summed E-state index contributed by atoms with van der Waals surface area (Å²) in [7, 11) is 0. The molecule has 3 nitrogen and oxygen atoms in total. The minimum atomic E-state index is -0.112. The van der Waals surface area contributed by atoms with Crippen molar-refractivity contribution in [1.29, 1.82) is 0 Å². The summed E-state index contributed by atoms with van der Waals surface area (Å²) in [5.74, 6) is -0.112. The quantitative estimate of drug-likeness (QED) is 0.175. The van der Waals surface area contributed by atoms with E-state index < -0.39 is 0 Å². The molecule has 0 aromatic heterocycles. The van der Waals surface area contributed by atoms with Crippen LogP contribution in [0.5, 0.6) is 0 Å². The number of aliphatic hydroxyl groups is 1. The molecule has 26 heavy (non-hydrogen) atoms. The molecule has 0 aromatic carbocycles. The van der Waals surface area contributed by atoms with E-state index in [1.54, 1.807) is 0 Å². The highest BCUT2D eigenvalue weighted by molar-refractivity contribution is 5.69. The van der Waals surface area contributed by atoms with Gasteiger partial charge in [0, 0.05) is 19.4 Å². The van der Waals surface area contributed by atoms with E-state index in [1.165, 1.54) is 96.3 Å². The fourth-order valence-electron chi connectivity index (χ4n) is 3.32. The summed E-state index contributed by atoms with van der Waals surface area (Å²) >= 11 is 0. The Bertz CT molecular complexity index is 279. The SMILES string of the molecule is CCCCCCCCCCCCCCCCCCCC(=O)OCCCO. The van der Waals surface area contributed by atoms with Crippen LogP contribution in [0.1, 0.15) is 129 Å². The second-order valence-corrected chi connectivity index (χ2v) is 7.70. The molecule has 0 radical (unpaired) electrons. The van der Waals surface area contributed by atoms with Gasteiger partial charge in [0.15, 0.2) is 0 Å². The molecule has 0 aliphatic rings. The fraction of sp³-hybridized carbons (Fsp3) is 0.957. The zero-order chi connectivity index (χ0) is 19.1. The molecule has 0 saturated carbocycles. The normalized spacial score (nSPS) is 11.0. The number of rotatable bonds is 21. The number of carbonyl (C=O) groups is 1. The Labute approximate surface area is 163 Å². The zero-order valence-corrected chi connectivity index (χ0v) is 17.6. The lowest BCUT2D eigenvalue weighted by Crippen LogP contribution is -2.06. The van der Waals surface area contributed by atoms with Crippen LogP contribution in [0.3, 0.4) is 0 Å². The molecular weight excluding hydrogens is 324 g/mol. The summed E-state index contributed by atoms with van der Waals surface area (Å²) in [6.45, 7) is 2.72. The molecule has 0 aliphatic carbocycles. The monoisotopic (exact) mass is 370 g/mol. The highest BCUT2D eigenvalue weighted by atomic mass is 16.5. The van der Waals surface area contributed by atoms with Crippen molar-refractivity contribution in [1.82, 2.24) is 0 Å². The van der Waals surface area contributed by atoms with Crippen LogP contribution in [0.2, 0.25) is 0 Å². The van der Waals surface area contributed by atoms with E-state index in [9.17, 15) is 4.79 Å². The van der Waals surface area contributed by atoms with Gasteiger partial charge < -0.3 is 9.84 Å². The van der Waals surface area contributed by atoms with E-state index in [4.69, 9.17) is 9.84 Å². The lowest BCUT2D eigenvalue weighted by atomic mass is 10.0. The molecule has 0 spiro atoms. The summed E-state index contributed by atoms with van der Waals surface area (Å²) in [5, 5.41) is 8.62. The van der Waals surface area contributed by atoms with Crippen molar-refractivity contribution in [3.8, 4) is 0 Å². The first-order valence-electron chi connectivity index (χ1n) is 11.6. The maximum atomic E-state index is 11.4. The molecule has 0 rings (SSSR count). The van der Waals surface area contributed by atoms with Crippen molar-refractivity contribution in [2.75, 3.05) is 13.2 Å². The fourth-order valence-corrected chi connectivity index (χ4v) is 3.32. The Morgan fingerprint density at radius 1 is 0.615 bits per heavy atom. The van der Waals surface area contributed by atoms with E-state index in [2.05, 4.69) is 6.92 Å². The Hall–Kier alpha value is -0.570. The summed E-state index contributed by atoms with van der Waals surface area (Å²) in [4.78, 5) is 11.4. The van der Waals surface area contributed by atoms with E-state index in [1.807, 2.05) is 0 Å². The third kappa shape index (κ3) is 21.5. The summed E-state index contributed by atoms with van der Waals surface area (Å²) in [6.07, 6.45) is 24.0. The van der Waals surface area contributed by atoms with Crippen molar-refractivity contribution >= 4 is 5.97 Å². The Balaban J connectivity index is 3.06. The largest absolute Gasteiger partial charge is 0.466 e. The van der Waals surface area contributed by atoms with Crippen LogP contribution in [0, 0.1) is 0 Å². The van der Waals surface area contributed by atoms with Gasteiger partial charge in [0.25, 0.3) is 0 Å². The van der Waals surface area contributed by atoms with Gasteiger partial charge in [-0.2, -0.15) is 0 Å². The first-order chi connectivity index (χ1) is 12.8. The average Bonchev–Trinajstić information content (AvgIpc) is 2.64. The van der Waals surface area contributed by atoms with E-state index in [-0.39, 0.29) is 12.6 Å². The van der Waals surface area contributed by atoms with Crippen LogP contribution in [-0.4, -0.2) is 24.3 Å². The Kier molecular flexibility index (Phi) is 22.0. The lowest BCUT2D eigenvalue weighted by Gasteiger charge is -2.04. The van der Waals surface area contributed by atoms with E-state index >= 15 is 0 Å². The molecule has 0 aliphatic heterocycles. The Morgan fingerprint density at radius 3 is 1.38 bits per heavy atom. The highest BCUT2D eigenvalue weighted by Crippen LogP contribution is 2.14. The minimum absolute atomic E-state index is 0.0897. The lowest BCUT2D eigenvalue weighted by molar-refractivity contribution is -0.144. The number of hydrogen-bond donors (Lipinski definition) is 1. The first kappa shape index (κ1) is 25.4. The molecule has 156 valence electrons. The molecule has 0 aromatic rings. The number of ether oxygens (including phenoxy) is 1. The third-order valence-electron chi connectivity index (χ3n) is 5.05. The van der Waals surface area contributed by atoms with Gasteiger partial charge in [-0.25, -0.2) is 0 Å². The average molecular weight is 371 g/mol. The molecule has 0 heterocycles. The molecular formula is C23H46O3. The molecule has 0 bridgehead atoms. The topological polar surface area (TPSA) is 46.5 Å². The van der Waals surface area contributed by atoms with Gasteiger partial charge >= 0.3 is 5.97 Å². The van der Waals surface area contributed by atoms with Crippen LogP contribution in [0.4, 0.5) is 0 Å². The molecule has 3 heteroatoms. The van der Waals surface area contributed by atoms with Gasteiger partial charge in [0.2, 0.25) is 0 Å². The van der Waals surface area contributed by atoms with Gasteiger partial charge in [0.05, 0.1) is 6.61 Å². The summed E-state index contributed by atoms with van der Waals surface area (Å²) in [6, 6.07) is 0. The molecule has 0 saturated heterocycles. The smallest absolute Gasteiger partial charge is 0.305 e. The second kappa shape index (κ2) is 22.5. The molecule has 0 atom stereocenters.